The first-order valence-electron chi connectivity index (χ1n) is 11.9. The summed E-state index contributed by atoms with van der Waals surface area (Å²) >= 11 is 0. The third-order valence-electron chi connectivity index (χ3n) is 6.75. The van der Waals surface area contributed by atoms with E-state index in [-0.39, 0.29) is 6.10 Å². The van der Waals surface area contributed by atoms with Crippen molar-refractivity contribution >= 4 is 0 Å². The number of benzene rings is 2. The number of nitrogens with one attached hydrogen (secondary N) is 1. The highest BCUT2D eigenvalue weighted by Gasteiger charge is 2.37. The number of ether oxygens (including phenoxy) is 1. The van der Waals surface area contributed by atoms with E-state index in [0.717, 1.165) is 19.4 Å². The van der Waals surface area contributed by atoms with Crippen LogP contribution >= 0.6 is 0 Å². The molecule has 2 atom stereocenters. The van der Waals surface area contributed by atoms with E-state index < -0.39 is 0 Å². The molecule has 1 heterocycles. The lowest BCUT2D eigenvalue weighted by molar-refractivity contribution is 0.0959. The van der Waals surface area contributed by atoms with Crippen LogP contribution in [0.25, 0.3) is 11.1 Å². The van der Waals surface area contributed by atoms with Gasteiger partial charge in [-0.2, -0.15) is 0 Å². The lowest BCUT2D eigenvalue weighted by Crippen LogP contribution is -2.35. The van der Waals surface area contributed by atoms with Gasteiger partial charge in [0.15, 0.2) is 0 Å². The largest absolute Gasteiger partial charge is 0.374 e. The van der Waals surface area contributed by atoms with Gasteiger partial charge in [0.1, 0.15) is 0 Å². The normalized spacial score (nSPS) is 20.6. The minimum Gasteiger partial charge on any atom is -0.374 e. The van der Waals surface area contributed by atoms with Gasteiger partial charge in [0, 0.05) is 23.9 Å². The molecule has 1 N–H and O–H groups in total. The van der Waals surface area contributed by atoms with Gasteiger partial charge in [-0.15, -0.1) is 13.2 Å². The molecule has 0 saturated heterocycles. The molecule has 0 fully saturated rings. The molecule has 4 rings (SSSR count). The molecule has 2 aliphatic rings. The Balaban J connectivity index is 0.00000141. The summed E-state index contributed by atoms with van der Waals surface area (Å²) in [6, 6.07) is 19.8. The Hall–Kier alpha value is -2.58. The van der Waals surface area contributed by atoms with E-state index >= 15 is 0 Å². The maximum atomic E-state index is 6.10. The number of allylic oxidation sites excluding steroid dienone is 3. The minimum absolute atomic E-state index is 0.102. The van der Waals surface area contributed by atoms with Gasteiger partial charge in [-0.1, -0.05) is 68.4 Å². The second-order valence-electron chi connectivity index (χ2n) is 9.57. The lowest BCUT2D eigenvalue weighted by atomic mass is 9.68. The molecule has 2 nitrogen and oxygen atoms in total. The first-order valence-corrected chi connectivity index (χ1v) is 11.9. The Morgan fingerprint density at radius 1 is 1.03 bits per heavy atom. The first kappa shape index (κ1) is 24.1. The van der Waals surface area contributed by atoms with Crippen LogP contribution in [0.5, 0.6) is 0 Å². The molecular weight excluding hydrogens is 390 g/mol. The monoisotopic (exact) mass is 429 g/mol. The Morgan fingerprint density at radius 2 is 1.66 bits per heavy atom. The second-order valence-corrected chi connectivity index (χ2v) is 9.57. The molecule has 32 heavy (non-hydrogen) atoms. The highest BCUT2D eigenvalue weighted by molar-refractivity contribution is 5.64. The van der Waals surface area contributed by atoms with Crippen molar-refractivity contribution < 1.29 is 4.74 Å². The predicted molar refractivity (Wildman–Crippen MR) is 137 cm³/mol. The van der Waals surface area contributed by atoms with Crippen LogP contribution in [0, 0.1) is 5.41 Å². The van der Waals surface area contributed by atoms with Crippen LogP contribution in [0.1, 0.15) is 65.4 Å². The molecule has 0 aromatic heterocycles. The molecule has 2 aromatic carbocycles. The number of dihydropyridines is 1. The number of hydrogen-bond donors (Lipinski definition) is 1. The predicted octanol–water partition coefficient (Wildman–Crippen LogP) is 8.01. The Morgan fingerprint density at radius 3 is 2.28 bits per heavy atom. The summed E-state index contributed by atoms with van der Waals surface area (Å²) in [7, 11) is 0. The van der Waals surface area contributed by atoms with Crippen molar-refractivity contribution in [2.75, 3.05) is 6.61 Å². The lowest BCUT2D eigenvalue weighted by Gasteiger charge is -2.42. The fourth-order valence-electron chi connectivity index (χ4n) is 5.21. The van der Waals surface area contributed by atoms with Crippen molar-refractivity contribution in [2.24, 2.45) is 5.41 Å². The molecule has 0 spiro atoms. The Labute approximate surface area is 195 Å². The fraction of sp³-hybridized carbons (Fsp3) is 0.400. The third-order valence-corrected chi connectivity index (χ3v) is 6.75. The van der Waals surface area contributed by atoms with E-state index in [9.17, 15) is 0 Å². The zero-order valence-corrected chi connectivity index (χ0v) is 20.5. The summed E-state index contributed by atoms with van der Waals surface area (Å²) in [5.41, 5.74) is 9.94. The SMILES string of the molecule is C=C.CCOC(C)C1=C(C)NC2=C(CCC(C)(C)C2)C1c1ccc(-c2ccccc2)cc1. The quantitative estimate of drug-likeness (QED) is 0.486. The zero-order valence-electron chi connectivity index (χ0n) is 20.5. The van der Waals surface area contributed by atoms with Crippen LogP contribution in [-0.2, 0) is 4.74 Å². The molecular formula is C30H39NO. The molecule has 1 aliphatic heterocycles. The molecule has 2 unspecified atom stereocenters. The maximum absolute atomic E-state index is 6.10. The topological polar surface area (TPSA) is 21.3 Å². The van der Waals surface area contributed by atoms with Gasteiger partial charge >= 0.3 is 0 Å². The standard InChI is InChI=1S/C28H35NO.C2H4/c1-6-30-20(3)26-19(2)29-25-18-28(4,5)17-16-24(25)27(26)23-14-12-22(13-15-23)21-10-8-7-9-11-21;1-2/h7-15,20,27,29H,6,16-18H2,1-5H3;1-2H2. The summed E-state index contributed by atoms with van der Waals surface area (Å²) < 4.78 is 6.10. The molecule has 0 bridgehead atoms. The summed E-state index contributed by atoms with van der Waals surface area (Å²) in [6.45, 7) is 18.0. The van der Waals surface area contributed by atoms with Crippen molar-refractivity contribution in [3.05, 3.63) is 95.9 Å². The van der Waals surface area contributed by atoms with Crippen LogP contribution in [0.2, 0.25) is 0 Å². The van der Waals surface area contributed by atoms with Gasteiger partial charge in [-0.3, -0.25) is 0 Å². The van der Waals surface area contributed by atoms with Crippen LogP contribution in [0.15, 0.2) is 90.3 Å². The van der Waals surface area contributed by atoms with Gasteiger partial charge in [-0.05, 0) is 73.3 Å². The zero-order chi connectivity index (χ0) is 23.3. The van der Waals surface area contributed by atoms with E-state index in [1.54, 1.807) is 5.57 Å². The molecule has 0 radical (unpaired) electrons. The molecule has 0 amide bonds. The van der Waals surface area contributed by atoms with Crippen LogP contribution in [-0.4, -0.2) is 12.7 Å². The minimum atomic E-state index is 0.102. The van der Waals surface area contributed by atoms with Gasteiger partial charge in [-0.25, -0.2) is 0 Å². The van der Waals surface area contributed by atoms with Gasteiger partial charge in [0.05, 0.1) is 6.10 Å². The molecule has 1 aliphatic carbocycles. The van der Waals surface area contributed by atoms with Crippen molar-refractivity contribution in [1.29, 1.82) is 0 Å². The van der Waals surface area contributed by atoms with E-state index in [1.165, 1.54) is 40.1 Å². The number of rotatable bonds is 5. The van der Waals surface area contributed by atoms with Crippen LogP contribution in [0.4, 0.5) is 0 Å². The molecule has 0 saturated carbocycles. The maximum Gasteiger partial charge on any atom is 0.0785 e. The van der Waals surface area contributed by atoms with Gasteiger partial charge in [0.2, 0.25) is 0 Å². The van der Waals surface area contributed by atoms with Gasteiger partial charge in [0.25, 0.3) is 0 Å². The summed E-state index contributed by atoms with van der Waals surface area (Å²) in [5.74, 6) is 0.309. The first-order chi connectivity index (χ1) is 15.4. The highest BCUT2D eigenvalue weighted by atomic mass is 16.5. The van der Waals surface area contributed by atoms with Crippen molar-refractivity contribution in [3.63, 3.8) is 0 Å². The fourth-order valence-corrected chi connectivity index (χ4v) is 5.21. The summed E-state index contributed by atoms with van der Waals surface area (Å²) in [4.78, 5) is 0. The Kier molecular flexibility index (Phi) is 7.79. The van der Waals surface area contributed by atoms with E-state index in [2.05, 4.69) is 108 Å². The molecule has 2 aromatic rings. The highest BCUT2D eigenvalue weighted by Crippen LogP contribution is 2.49. The average molecular weight is 430 g/mol. The number of hydrogen-bond acceptors (Lipinski definition) is 2. The van der Waals surface area contributed by atoms with Crippen molar-refractivity contribution in [2.45, 2.75) is 65.9 Å². The van der Waals surface area contributed by atoms with Crippen LogP contribution < -0.4 is 5.32 Å². The van der Waals surface area contributed by atoms with Crippen molar-refractivity contribution in [1.82, 2.24) is 5.32 Å². The van der Waals surface area contributed by atoms with E-state index in [0.29, 0.717) is 11.3 Å². The molecule has 170 valence electrons. The second kappa shape index (κ2) is 10.4. The third kappa shape index (κ3) is 5.07. The Bertz CT molecular complexity index is 966. The summed E-state index contributed by atoms with van der Waals surface area (Å²) in [6.07, 6.45) is 3.61. The van der Waals surface area contributed by atoms with Gasteiger partial charge < -0.3 is 10.1 Å². The molecule has 2 heteroatoms. The average Bonchev–Trinajstić information content (AvgIpc) is 2.79. The van der Waals surface area contributed by atoms with Crippen molar-refractivity contribution in [3.8, 4) is 11.1 Å². The smallest absolute Gasteiger partial charge is 0.0785 e. The van der Waals surface area contributed by atoms with E-state index in [4.69, 9.17) is 4.74 Å². The van der Waals surface area contributed by atoms with E-state index in [1.807, 2.05) is 0 Å². The summed E-state index contributed by atoms with van der Waals surface area (Å²) in [5, 5.41) is 3.78. The van der Waals surface area contributed by atoms with Crippen LogP contribution in [0.3, 0.4) is 0 Å².